The van der Waals surface area contributed by atoms with Crippen LogP contribution in [0.3, 0.4) is 0 Å². The number of Topliss-reactive ketones (excluding diaryl/α,β-unsaturated/α-hetero) is 1. The van der Waals surface area contributed by atoms with Crippen LogP contribution < -0.4 is 0 Å². The molecule has 8 heteroatoms. The molecular weight excluding hydrogens is 316 g/mol. The van der Waals surface area contributed by atoms with Gasteiger partial charge < -0.3 is 14.1 Å². The first-order valence-corrected chi connectivity index (χ1v) is 7.03. The highest BCUT2D eigenvalue weighted by atomic mass is 16.7. The van der Waals surface area contributed by atoms with Crippen LogP contribution in [-0.2, 0) is 4.74 Å². The maximum Gasteiger partial charge on any atom is 0.433 e. The van der Waals surface area contributed by atoms with Gasteiger partial charge in [-0.1, -0.05) is 18.2 Å². The van der Waals surface area contributed by atoms with Crippen LogP contribution in [0.4, 0.5) is 5.88 Å². The summed E-state index contributed by atoms with van der Waals surface area (Å²) >= 11 is 0. The van der Waals surface area contributed by atoms with Gasteiger partial charge in [0.1, 0.15) is 4.92 Å². The van der Waals surface area contributed by atoms with Crippen molar-refractivity contribution < 1.29 is 23.7 Å². The summed E-state index contributed by atoms with van der Waals surface area (Å²) in [7, 11) is 0. The molecule has 3 aromatic rings. The van der Waals surface area contributed by atoms with Crippen molar-refractivity contribution in [3.63, 3.8) is 0 Å². The monoisotopic (exact) mass is 328 g/mol. The Morgan fingerprint density at radius 2 is 2.00 bits per heavy atom. The van der Waals surface area contributed by atoms with Crippen molar-refractivity contribution >= 4 is 28.5 Å². The molecule has 0 saturated heterocycles. The third-order valence-electron chi connectivity index (χ3n) is 3.48. The number of hydrogen-bond acceptors (Lipinski definition) is 6. The molecule has 8 nitrogen and oxygen atoms in total. The van der Waals surface area contributed by atoms with Crippen molar-refractivity contribution in [2.24, 2.45) is 0 Å². The molecule has 1 aromatic carbocycles. The maximum atomic E-state index is 12.5. The summed E-state index contributed by atoms with van der Waals surface area (Å²) in [6.45, 7) is 1.43. The van der Waals surface area contributed by atoms with Gasteiger partial charge in [0, 0.05) is 22.7 Å². The Morgan fingerprint density at radius 3 is 2.71 bits per heavy atom. The minimum absolute atomic E-state index is 0.333. The standard InChI is InChI=1S/C16H12N2O6/c1-9(23-16(20)13-6-7-14(24-13)18(21)22)15(19)11-8-17-12-5-3-2-4-10(11)12/h2-9,17H,1H3. The highest BCUT2D eigenvalue weighted by Crippen LogP contribution is 2.21. The first-order chi connectivity index (χ1) is 11.5. The van der Waals surface area contributed by atoms with Crippen molar-refractivity contribution in [3.8, 4) is 0 Å². The van der Waals surface area contributed by atoms with Gasteiger partial charge in [0.2, 0.25) is 11.5 Å². The van der Waals surface area contributed by atoms with Crippen molar-refractivity contribution in [2.75, 3.05) is 0 Å². The second-order valence-electron chi connectivity index (χ2n) is 5.05. The molecule has 3 rings (SSSR count). The molecule has 122 valence electrons. The number of benzene rings is 1. The summed E-state index contributed by atoms with van der Waals surface area (Å²) in [5.41, 5.74) is 1.19. The second-order valence-corrected chi connectivity index (χ2v) is 5.05. The van der Waals surface area contributed by atoms with E-state index in [4.69, 9.17) is 9.15 Å². The number of nitrogens with zero attached hydrogens (tertiary/aromatic N) is 1. The summed E-state index contributed by atoms with van der Waals surface area (Å²) in [6, 6.07) is 9.41. The van der Waals surface area contributed by atoms with Crippen LogP contribution in [-0.4, -0.2) is 27.8 Å². The number of fused-ring (bicyclic) bond motifs is 1. The van der Waals surface area contributed by atoms with E-state index in [0.29, 0.717) is 5.56 Å². The molecule has 24 heavy (non-hydrogen) atoms. The molecule has 0 saturated carbocycles. The van der Waals surface area contributed by atoms with Crippen LogP contribution in [0.15, 0.2) is 47.0 Å². The van der Waals surface area contributed by atoms with Gasteiger partial charge in [-0.2, -0.15) is 0 Å². The Balaban J connectivity index is 1.76. The lowest BCUT2D eigenvalue weighted by atomic mass is 10.1. The zero-order chi connectivity index (χ0) is 17.3. The van der Waals surface area contributed by atoms with Crippen molar-refractivity contribution in [2.45, 2.75) is 13.0 Å². The lowest BCUT2D eigenvalue weighted by Crippen LogP contribution is -2.24. The molecule has 0 amide bonds. The minimum atomic E-state index is -1.07. The number of esters is 1. The molecule has 0 radical (unpaired) electrons. The summed E-state index contributed by atoms with van der Waals surface area (Å²) in [5.74, 6) is -2.23. The fourth-order valence-corrected chi connectivity index (χ4v) is 2.30. The topological polar surface area (TPSA) is 115 Å². The number of furan rings is 1. The molecule has 2 heterocycles. The number of H-pyrrole nitrogens is 1. The van der Waals surface area contributed by atoms with Crippen LogP contribution in [0.1, 0.15) is 27.8 Å². The van der Waals surface area contributed by atoms with Gasteiger partial charge in [0.15, 0.2) is 6.10 Å². The molecule has 0 spiro atoms. The fraction of sp³-hybridized carbons (Fsp3) is 0.125. The molecule has 0 aliphatic heterocycles. The van der Waals surface area contributed by atoms with E-state index in [2.05, 4.69) is 4.98 Å². The lowest BCUT2D eigenvalue weighted by Gasteiger charge is -2.10. The van der Waals surface area contributed by atoms with Crippen LogP contribution in [0.5, 0.6) is 0 Å². The highest BCUT2D eigenvalue weighted by Gasteiger charge is 2.25. The molecule has 0 fully saturated rings. The van der Waals surface area contributed by atoms with Crippen LogP contribution in [0.2, 0.25) is 0 Å². The van der Waals surface area contributed by atoms with Gasteiger partial charge in [0.25, 0.3) is 0 Å². The Morgan fingerprint density at radius 1 is 1.25 bits per heavy atom. The van der Waals surface area contributed by atoms with Gasteiger partial charge in [-0.05, 0) is 19.1 Å². The SMILES string of the molecule is CC(OC(=O)c1ccc([N+](=O)[O-])o1)C(=O)c1c[nH]c2ccccc12. The van der Waals surface area contributed by atoms with Gasteiger partial charge in [-0.15, -0.1) is 0 Å². The zero-order valence-electron chi connectivity index (χ0n) is 12.5. The van der Waals surface area contributed by atoms with Gasteiger partial charge in [0.05, 0.1) is 6.07 Å². The van der Waals surface area contributed by atoms with E-state index in [0.717, 1.165) is 23.0 Å². The smallest absolute Gasteiger partial charge is 0.433 e. The number of aromatic amines is 1. The normalized spacial score (nSPS) is 12.0. The van der Waals surface area contributed by atoms with Crippen molar-refractivity contribution in [1.82, 2.24) is 4.98 Å². The predicted octanol–water partition coefficient (Wildman–Crippen LogP) is 3.10. The molecule has 0 bridgehead atoms. The Labute approximate surface area is 135 Å². The first-order valence-electron chi connectivity index (χ1n) is 7.03. The number of nitrogens with one attached hydrogen (secondary N) is 1. The van der Waals surface area contributed by atoms with E-state index in [9.17, 15) is 19.7 Å². The number of rotatable bonds is 5. The highest BCUT2D eigenvalue weighted by molar-refractivity contribution is 6.10. The van der Waals surface area contributed by atoms with Gasteiger partial charge >= 0.3 is 11.9 Å². The van der Waals surface area contributed by atoms with E-state index in [1.165, 1.54) is 6.92 Å². The summed E-state index contributed by atoms with van der Waals surface area (Å²) in [5, 5.41) is 11.3. The predicted molar refractivity (Wildman–Crippen MR) is 82.9 cm³/mol. The average molecular weight is 328 g/mol. The number of ether oxygens (including phenoxy) is 1. The fourth-order valence-electron chi connectivity index (χ4n) is 2.30. The van der Waals surface area contributed by atoms with E-state index >= 15 is 0 Å². The Bertz CT molecular complexity index is 939. The third kappa shape index (κ3) is 2.76. The number of ketones is 1. The summed E-state index contributed by atoms with van der Waals surface area (Å²) in [6.07, 6.45) is 0.482. The lowest BCUT2D eigenvalue weighted by molar-refractivity contribution is -0.402. The molecule has 1 unspecified atom stereocenters. The number of para-hydroxylation sites is 1. The van der Waals surface area contributed by atoms with Gasteiger partial charge in [-0.3, -0.25) is 14.9 Å². The van der Waals surface area contributed by atoms with E-state index in [1.54, 1.807) is 18.3 Å². The van der Waals surface area contributed by atoms with Crippen LogP contribution >= 0.6 is 0 Å². The zero-order valence-corrected chi connectivity index (χ0v) is 12.5. The minimum Gasteiger partial charge on any atom is -0.448 e. The molecule has 2 aromatic heterocycles. The average Bonchev–Trinajstić information content (AvgIpc) is 3.21. The van der Waals surface area contributed by atoms with Crippen molar-refractivity contribution in [1.29, 1.82) is 0 Å². The number of carbonyl (C=O) groups excluding carboxylic acids is 2. The van der Waals surface area contributed by atoms with Crippen molar-refractivity contribution in [3.05, 3.63) is 64.0 Å². The second kappa shape index (κ2) is 5.99. The number of hydrogen-bond donors (Lipinski definition) is 1. The van der Waals surface area contributed by atoms with E-state index < -0.39 is 22.9 Å². The Hall–Kier alpha value is -3.42. The molecule has 1 N–H and O–H groups in total. The molecule has 1 atom stereocenters. The molecule has 0 aliphatic carbocycles. The third-order valence-corrected chi connectivity index (χ3v) is 3.48. The summed E-state index contributed by atoms with van der Waals surface area (Å²) in [4.78, 5) is 37.1. The molecule has 0 aliphatic rings. The quantitative estimate of drug-likeness (QED) is 0.333. The van der Waals surface area contributed by atoms with E-state index in [-0.39, 0.29) is 11.5 Å². The Kier molecular flexibility index (Phi) is 3.87. The van der Waals surface area contributed by atoms with Crippen LogP contribution in [0.25, 0.3) is 10.9 Å². The first kappa shape index (κ1) is 15.5. The number of carbonyl (C=O) groups is 2. The maximum absolute atomic E-state index is 12.5. The molecular formula is C16H12N2O6. The van der Waals surface area contributed by atoms with E-state index in [1.807, 2.05) is 12.1 Å². The van der Waals surface area contributed by atoms with Gasteiger partial charge in [-0.25, -0.2) is 4.79 Å². The number of nitro groups is 1. The number of aromatic nitrogens is 1. The largest absolute Gasteiger partial charge is 0.448 e. The van der Waals surface area contributed by atoms with Crippen LogP contribution in [0, 0.1) is 10.1 Å². The summed E-state index contributed by atoms with van der Waals surface area (Å²) < 4.78 is 9.80.